The van der Waals surface area contributed by atoms with Gasteiger partial charge in [0, 0.05) is 5.54 Å². The molecule has 1 heterocycles. The molecule has 0 spiro atoms. The van der Waals surface area contributed by atoms with Crippen LogP contribution in [0.4, 0.5) is 0 Å². The zero-order chi connectivity index (χ0) is 6.91. The highest BCUT2D eigenvalue weighted by Gasteiger charge is 2.27. The lowest BCUT2D eigenvalue weighted by atomic mass is 9.88. The van der Waals surface area contributed by atoms with Gasteiger partial charge in [0.15, 0.2) is 0 Å². The second kappa shape index (κ2) is 2.27. The summed E-state index contributed by atoms with van der Waals surface area (Å²) in [5.41, 5.74) is 5.92. The smallest absolute Gasteiger partial charge is 0.0138 e. The van der Waals surface area contributed by atoms with Gasteiger partial charge in [0.2, 0.25) is 0 Å². The summed E-state index contributed by atoms with van der Waals surface area (Å²) in [5, 5.41) is 3.30. The average molecular weight is 128 g/mol. The fourth-order valence-corrected chi connectivity index (χ4v) is 1.29. The van der Waals surface area contributed by atoms with Crippen LogP contribution < -0.4 is 11.1 Å². The van der Waals surface area contributed by atoms with Gasteiger partial charge in [0.1, 0.15) is 0 Å². The van der Waals surface area contributed by atoms with E-state index in [2.05, 4.69) is 19.2 Å². The maximum absolute atomic E-state index is 5.90. The van der Waals surface area contributed by atoms with Gasteiger partial charge in [-0.2, -0.15) is 0 Å². The first kappa shape index (κ1) is 7.03. The first-order valence-corrected chi connectivity index (χ1v) is 3.60. The first-order chi connectivity index (χ1) is 4.11. The fourth-order valence-electron chi connectivity index (χ4n) is 1.29. The minimum atomic E-state index is 0.0174. The predicted molar refractivity (Wildman–Crippen MR) is 39.2 cm³/mol. The van der Waals surface area contributed by atoms with E-state index in [-0.39, 0.29) is 5.54 Å². The Balaban J connectivity index is 2.42. The Morgan fingerprint density at radius 2 is 2.22 bits per heavy atom. The SMILES string of the molecule is CC(C)(N)C1CCNC1. The van der Waals surface area contributed by atoms with Crippen molar-refractivity contribution in [1.29, 1.82) is 0 Å². The number of nitrogens with one attached hydrogen (secondary N) is 1. The maximum atomic E-state index is 5.90. The lowest BCUT2D eigenvalue weighted by molar-refractivity contribution is 0.346. The molecule has 0 aromatic carbocycles. The van der Waals surface area contributed by atoms with Gasteiger partial charge in [0.05, 0.1) is 0 Å². The van der Waals surface area contributed by atoms with Crippen LogP contribution in [0.3, 0.4) is 0 Å². The summed E-state index contributed by atoms with van der Waals surface area (Å²) >= 11 is 0. The largest absolute Gasteiger partial charge is 0.325 e. The molecular formula is C7H16N2. The third kappa shape index (κ3) is 1.66. The third-order valence-corrected chi connectivity index (χ3v) is 2.11. The third-order valence-electron chi connectivity index (χ3n) is 2.11. The van der Waals surface area contributed by atoms with E-state index >= 15 is 0 Å². The molecule has 0 bridgehead atoms. The first-order valence-electron chi connectivity index (χ1n) is 3.60. The van der Waals surface area contributed by atoms with Crippen molar-refractivity contribution in [3.05, 3.63) is 0 Å². The van der Waals surface area contributed by atoms with E-state index in [0.29, 0.717) is 5.92 Å². The van der Waals surface area contributed by atoms with Crippen LogP contribution in [0.25, 0.3) is 0 Å². The molecule has 0 aromatic heterocycles. The van der Waals surface area contributed by atoms with Crippen LogP contribution in [0, 0.1) is 5.92 Å². The standard InChI is InChI=1S/C7H16N2/c1-7(2,8)6-3-4-9-5-6/h6,9H,3-5,8H2,1-2H3. The van der Waals surface area contributed by atoms with Crippen LogP contribution in [-0.2, 0) is 0 Å². The van der Waals surface area contributed by atoms with Gasteiger partial charge < -0.3 is 11.1 Å². The van der Waals surface area contributed by atoms with Gasteiger partial charge in [-0.1, -0.05) is 0 Å². The summed E-state index contributed by atoms with van der Waals surface area (Å²) in [5.74, 6) is 0.678. The van der Waals surface area contributed by atoms with Crippen molar-refractivity contribution in [2.24, 2.45) is 11.7 Å². The van der Waals surface area contributed by atoms with Crippen molar-refractivity contribution in [1.82, 2.24) is 5.32 Å². The highest BCUT2D eigenvalue weighted by molar-refractivity contribution is 4.87. The van der Waals surface area contributed by atoms with Crippen molar-refractivity contribution in [3.8, 4) is 0 Å². The molecule has 1 fully saturated rings. The highest BCUT2D eigenvalue weighted by Crippen LogP contribution is 2.19. The summed E-state index contributed by atoms with van der Waals surface area (Å²) in [6.07, 6.45) is 1.24. The Hall–Kier alpha value is -0.0800. The lowest BCUT2D eigenvalue weighted by Crippen LogP contribution is -2.41. The normalized spacial score (nSPS) is 29.0. The average Bonchev–Trinajstić information content (AvgIpc) is 2.08. The Labute approximate surface area is 56.8 Å². The van der Waals surface area contributed by atoms with E-state index in [1.165, 1.54) is 6.42 Å². The van der Waals surface area contributed by atoms with Gasteiger partial charge in [-0.05, 0) is 39.3 Å². The predicted octanol–water partition coefficient (Wildman–Crippen LogP) is 0.333. The van der Waals surface area contributed by atoms with E-state index in [1.807, 2.05) is 0 Å². The minimum Gasteiger partial charge on any atom is -0.325 e. The van der Waals surface area contributed by atoms with Crippen LogP contribution in [0.15, 0.2) is 0 Å². The fraction of sp³-hybridized carbons (Fsp3) is 1.00. The van der Waals surface area contributed by atoms with E-state index in [1.54, 1.807) is 0 Å². The number of rotatable bonds is 1. The molecule has 0 aromatic rings. The molecule has 2 nitrogen and oxygen atoms in total. The number of hydrogen-bond acceptors (Lipinski definition) is 2. The Bertz CT molecular complexity index is 87.6. The molecule has 3 N–H and O–H groups in total. The molecular weight excluding hydrogens is 112 g/mol. The Morgan fingerprint density at radius 1 is 1.56 bits per heavy atom. The molecule has 1 aliphatic heterocycles. The molecule has 0 amide bonds. The van der Waals surface area contributed by atoms with Crippen LogP contribution in [-0.4, -0.2) is 18.6 Å². The highest BCUT2D eigenvalue weighted by atomic mass is 14.9. The van der Waals surface area contributed by atoms with Crippen molar-refractivity contribution >= 4 is 0 Å². The summed E-state index contributed by atoms with van der Waals surface area (Å²) < 4.78 is 0. The van der Waals surface area contributed by atoms with E-state index in [4.69, 9.17) is 5.73 Å². The summed E-state index contributed by atoms with van der Waals surface area (Å²) in [7, 11) is 0. The Morgan fingerprint density at radius 3 is 2.44 bits per heavy atom. The van der Waals surface area contributed by atoms with Crippen LogP contribution in [0.1, 0.15) is 20.3 Å². The van der Waals surface area contributed by atoms with Gasteiger partial charge >= 0.3 is 0 Å². The molecule has 0 aliphatic carbocycles. The molecule has 1 rings (SSSR count). The molecule has 0 saturated carbocycles. The molecule has 1 aliphatic rings. The second-order valence-corrected chi connectivity index (χ2v) is 3.51. The number of nitrogens with two attached hydrogens (primary N) is 1. The maximum Gasteiger partial charge on any atom is 0.0138 e. The monoisotopic (exact) mass is 128 g/mol. The summed E-state index contributed by atoms with van der Waals surface area (Å²) in [4.78, 5) is 0. The second-order valence-electron chi connectivity index (χ2n) is 3.51. The van der Waals surface area contributed by atoms with Crippen LogP contribution in [0.5, 0.6) is 0 Å². The lowest BCUT2D eigenvalue weighted by Gasteiger charge is -2.25. The molecule has 9 heavy (non-hydrogen) atoms. The van der Waals surface area contributed by atoms with E-state index in [9.17, 15) is 0 Å². The quantitative estimate of drug-likeness (QED) is 0.534. The van der Waals surface area contributed by atoms with E-state index < -0.39 is 0 Å². The molecule has 2 heteroatoms. The Kier molecular flexibility index (Phi) is 1.78. The molecule has 1 atom stereocenters. The van der Waals surface area contributed by atoms with Gasteiger partial charge in [-0.25, -0.2) is 0 Å². The van der Waals surface area contributed by atoms with Gasteiger partial charge in [-0.3, -0.25) is 0 Å². The zero-order valence-corrected chi connectivity index (χ0v) is 6.28. The van der Waals surface area contributed by atoms with Crippen molar-refractivity contribution in [3.63, 3.8) is 0 Å². The van der Waals surface area contributed by atoms with E-state index in [0.717, 1.165) is 13.1 Å². The summed E-state index contributed by atoms with van der Waals surface area (Å²) in [6.45, 7) is 6.45. The topological polar surface area (TPSA) is 38.0 Å². The van der Waals surface area contributed by atoms with Crippen molar-refractivity contribution in [2.45, 2.75) is 25.8 Å². The van der Waals surface area contributed by atoms with Crippen molar-refractivity contribution in [2.75, 3.05) is 13.1 Å². The molecule has 1 saturated heterocycles. The minimum absolute atomic E-state index is 0.0174. The van der Waals surface area contributed by atoms with Crippen LogP contribution in [0.2, 0.25) is 0 Å². The van der Waals surface area contributed by atoms with Gasteiger partial charge in [0.25, 0.3) is 0 Å². The zero-order valence-electron chi connectivity index (χ0n) is 6.28. The van der Waals surface area contributed by atoms with Crippen molar-refractivity contribution < 1.29 is 0 Å². The molecule has 1 unspecified atom stereocenters. The summed E-state index contributed by atoms with van der Waals surface area (Å²) in [6, 6.07) is 0. The van der Waals surface area contributed by atoms with Crippen LogP contribution >= 0.6 is 0 Å². The molecule has 54 valence electrons. The van der Waals surface area contributed by atoms with Gasteiger partial charge in [-0.15, -0.1) is 0 Å². The number of hydrogen-bond donors (Lipinski definition) is 2. The molecule has 0 radical (unpaired) electrons.